The number of aromatic nitrogens is 1. The number of hydrogen-bond acceptors (Lipinski definition) is 5. The van der Waals surface area contributed by atoms with Crippen molar-refractivity contribution in [2.24, 2.45) is 9.98 Å². The summed E-state index contributed by atoms with van der Waals surface area (Å²) in [5, 5.41) is 7.79. The molecule has 3 heterocycles. The molecular formula is C36H24N4O. The first-order valence-corrected chi connectivity index (χ1v) is 13.6. The van der Waals surface area contributed by atoms with Gasteiger partial charge in [-0.05, 0) is 52.4 Å². The number of hydrogen-bond donors (Lipinski definition) is 1. The molecule has 7 aromatic rings. The molecule has 5 aromatic carbocycles. The summed E-state index contributed by atoms with van der Waals surface area (Å²) in [5.74, 6) is 1.54. The third kappa shape index (κ3) is 4.15. The van der Waals surface area contributed by atoms with Crippen molar-refractivity contribution in [2.45, 2.75) is 6.17 Å². The van der Waals surface area contributed by atoms with Crippen LogP contribution < -0.4 is 5.32 Å². The Hall–Kier alpha value is -5.55. The Labute approximate surface area is 236 Å². The van der Waals surface area contributed by atoms with Crippen LogP contribution in [-0.2, 0) is 0 Å². The number of aliphatic imine (C=N–C) groups is 2. The molecule has 8 rings (SSSR count). The number of pyridine rings is 1. The second kappa shape index (κ2) is 9.57. The van der Waals surface area contributed by atoms with E-state index < -0.39 is 0 Å². The van der Waals surface area contributed by atoms with Gasteiger partial charge >= 0.3 is 0 Å². The Balaban J connectivity index is 1.40. The summed E-state index contributed by atoms with van der Waals surface area (Å²) < 4.78 is 6.54. The summed E-state index contributed by atoms with van der Waals surface area (Å²) in [5.41, 5.74) is 6.81. The summed E-state index contributed by atoms with van der Waals surface area (Å²) in [6.07, 6.45) is 3.32. The molecule has 1 aliphatic heterocycles. The Morgan fingerprint density at radius 1 is 0.585 bits per heavy atom. The molecule has 0 saturated heterocycles. The first kappa shape index (κ1) is 23.3. The predicted molar refractivity (Wildman–Crippen MR) is 166 cm³/mol. The molecule has 41 heavy (non-hydrogen) atoms. The highest BCUT2D eigenvalue weighted by molar-refractivity contribution is 6.24. The summed E-state index contributed by atoms with van der Waals surface area (Å²) in [6, 6.07) is 41.4. The van der Waals surface area contributed by atoms with E-state index in [9.17, 15) is 0 Å². The number of nitrogens with zero attached hydrogens (tertiary/aromatic N) is 3. The molecule has 0 aliphatic carbocycles. The Morgan fingerprint density at radius 2 is 1.29 bits per heavy atom. The molecule has 194 valence electrons. The average Bonchev–Trinajstić information content (AvgIpc) is 3.41. The third-order valence-corrected chi connectivity index (χ3v) is 7.58. The minimum absolute atomic E-state index is 0.388. The van der Waals surface area contributed by atoms with Crippen LogP contribution in [0.4, 0.5) is 0 Å². The van der Waals surface area contributed by atoms with Gasteiger partial charge in [0, 0.05) is 39.7 Å². The van der Waals surface area contributed by atoms with Crippen molar-refractivity contribution in [3.05, 3.63) is 150 Å². The van der Waals surface area contributed by atoms with E-state index in [0.29, 0.717) is 0 Å². The van der Waals surface area contributed by atoms with Crippen LogP contribution in [0.1, 0.15) is 22.9 Å². The number of benzene rings is 5. The summed E-state index contributed by atoms with van der Waals surface area (Å²) in [7, 11) is 0. The molecule has 1 N–H and O–H groups in total. The van der Waals surface area contributed by atoms with E-state index in [1.165, 1.54) is 0 Å². The average molecular weight is 529 g/mol. The van der Waals surface area contributed by atoms with E-state index >= 15 is 0 Å². The van der Waals surface area contributed by atoms with Crippen molar-refractivity contribution in [1.82, 2.24) is 10.3 Å². The maximum atomic E-state index is 6.54. The monoisotopic (exact) mass is 528 g/mol. The van der Waals surface area contributed by atoms with E-state index in [2.05, 4.69) is 83.1 Å². The molecular weight excluding hydrogens is 504 g/mol. The van der Waals surface area contributed by atoms with Crippen molar-refractivity contribution >= 4 is 44.4 Å². The van der Waals surface area contributed by atoms with Crippen LogP contribution in [0.2, 0.25) is 0 Å². The fraction of sp³-hybridized carbons (Fsp3) is 0.0278. The van der Waals surface area contributed by atoms with Crippen LogP contribution in [0, 0.1) is 0 Å². The lowest BCUT2D eigenvalue weighted by Gasteiger charge is -2.23. The van der Waals surface area contributed by atoms with Crippen molar-refractivity contribution < 1.29 is 4.42 Å². The van der Waals surface area contributed by atoms with Crippen molar-refractivity contribution in [3.63, 3.8) is 0 Å². The number of furan rings is 1. The highest BCUT2D eigenvalue weighted by atomic mass is 16.3. The standard InChI is InChI=1S/C36H24N4O/c1-4-10-23(11-5-1)27-18-30(33-29-19-28-22-37-17-16-26(28)20-31(29)41-32(33)21-27)36-39-34(24-12-6-2-7-13-24)38-35(40-36)25-14-8-3-9-15-25/h1-22,34H,(H,38,39,40). The highest BCUT2D eigenvalue weighted by Gasteiger charge is 2.24. The minimum atomic E-state index is -0.388. The fourth-order valence-corrected chi connectivity index (χ4v) is 5.58. The number of rotatable bonds is 4. The third-order valence-electron chi connectivity index (χ3n) is 7.58. The van der Waals surface area contributed by atoms with Gasteiger partial charge in [-0.25, -0.2) is 9.98 Å². The van der Waals surface area contributed by atoms with E-state index in [-0.39, 0.29) is 6.17 Å². The van der Waals surface area contributed by atoms with Gasteiger partial charge in [-0.3, -0.25) is 4.98 Å². The molecule has 5 nitrogen and oxygen atoms in total. The van der Waals surface area contributed by atoms with Crippen LogP contribution in [0.3, 0.4) is 0 Å². The van der Waals surface area contributed by atoms with Gasteiger partial charge in [0.2, 0.25) is 0 Å². The molecule has 2 aromatic heterocycles. The second-order valence-electron chi connectivity index (χ2n) is 10.2. The van der Waals surface area contributed by atoms with Crippen molar-refractivity contribution in [1.29, 1.82) is 0 Å². The summed E-state index contributed by atoms with van der Waals surface area (Å²) >= 11 is 0. The van der Waals surface area contributed by atoms with Gasteiger partial charge in [0.05, 0.1) is 0 Å². The Morgan fingerprint density at radius 3 is 2.07 bits per heavy atom. The number of nitrogens with one attached hydrogen (secondary N) is 1. The molecule has 0 radical (unpaired) electrons. The van der Waals surface area contributed by atoms with E-state index in [0.717, 1.165) is 72.2 Å². The quantitative estimate of drug-likeness (QED) is 0.250. The van der Waals surface area contributed by atoms with Gasteiger partial charge in [0.15, 0.2) is 6.17 Å². The number of amidine groups is 2. The maximum absolute atomic E-state index is 6.54. The molecule has 1 aliphatic rings. The second-order valence-corrected chi connectivity index (χ2v) is 10.2. The molecule has 0 bridgehead atoms. The zero-order chi connectivity index (χ0) is 27.2. The van der Waals surface area contributed by atoms with Crippen molar-refractivity contribution in [2.75, 3.05) is 0 Å². The van der Waals surface area contributed by atoms with Gasteiger partial charge in [-0.15, -0.1) is 0 Å². The molecule has 0 amide bonds. The molecule has 0 fully saturated rings. The van der Waals surface area contributed by atoms with Crippen LogP contribution >= 0.6 is 0 Å². The zero-order valence-corrected chi connectivity index (χ0v) is 22.0. The normalized spacial score (nSPS) is 15.1. The Kier molecular flexibility index (Phi) is 5.45. The van der Waals surface area contributed by atoms with Gasteiger partial charge in [0.1, 0.15) is 22.8 Å². The van der Waals surface area contributed by atoms with E-state index in [1.54, 1.807) is 0 Å². The molecule has 1 atom stereocenters. The number of fused-ring (bicyclic) bond motifs is 4. The lowest BCUT2D eigenvalue weighted by Crippen LogP contribution is -2.36. The van der Waals surface area contributed by atoms with E-state index in [1.807, 2.05) is 60.9 Å². The van der Waals surface area contributed by atoms with Gasteiger partial charge in [-0.2, -0.15) is 0 Å². The predicted octanol–water partition coefficient (Wildman–Crippen LogP) is 8.30. The fourth-order valence-electron chi connectivity index (χ4n) is 5.58. The molecule has 1 unspecified atom stereocenters. The van der Waals surface area contributed by atoms with Gasteiger partial charge in [0.25, 0.3) is 0 Å². The lowest BCUT2D eigenvalue weighted by molar-refractivity contribution is 0.669. The van der Waals surface area contributed by atoms with Crippen LogP contribution in [0.5, 0.6) is 0 Å². The molecule has 0 spiro atoms. The first-order valence-electron chi connectivity index (χ1n) is 13.6. The largest absolute Gasteiger partial charge is 0.456 e. The van der Waals surface area contributed by atoms with Crippen LogP contribution in [0.25, 0.3) is 43.8 Å². The lowest BCUT2D eigenvalue weighted by atomic mass is 9.97. The molecule has 0 saturated carbocycles. The summed E-state index contributed by atoms with van der Waals surface area (Å²) in [4.78, 5) is 14.6. The smallest absolute Gasteiger partial charge is 0.169 e. The highest BCUT2D eigenvalue weighted by Crippen LogP contribution is 2.38. The van der Waals surface area contributed by atoms with Gasteiger partial charge < -0.3 is 9.73 Å². The maximum Gasteiger partial charge on any atom is 0.169 e. The van der Waals surface area contributed by atoms with Gasteiger partial charge in [-0.1, -0.05) is 91.0 Å². The molecule has 5 heteroatoms. The first-order chi connectivity index (χ1) is 20.3. The van der Waals surface area contributed by atoms with Crippen molar-refractivity contribution in [3.8, 4) is 11.1 Å². The van der Waals surface area contributed by atoms with E-state index in [4.69, 9.17) is 14.4 Å². The van der Waals surface area contributed by atoms with Crippen LogP contribution in [-0.4, -0.2) is 16.7 Å². The zero-order valence-electron chi connectivity index (χ0n) is 22.0. The Bertz CT molecular complexity index is 2110. The van der Waals surface area contributed by atoms with Crippen LogP contribution in [0.15, 0.2) is 148 Å². The minimum Gasteiger partial charge on any atom is -0.456 e. The summed E-state index contributed by atoms with van der Waals surface area (Å²) in [6.45, 7) is 0. The topological polar surface area (TPSA) is 62.8 Å². The SMILES string of the molecule is c1ccc(C2=NC(c3ccccc3)N=C(c3cc(-c4ccccc4)cc4oc5cc6ccncc6cc5c34)N2)cc1.